The summed E-state index contributed by atoms with van der Waals surface area (Å²) in [5.41, 5.74) is 3.48. The van der Waals surface area contributed by atoms with Gasteiger partial charge < -0.3 is 15.5 Å². The molecule has 2 N–H and O–H groups in total. The summed E-state index contributed by atoms with van der Waals surface area (Å²) < 4.78 is 0. The van der Waals surface area contributed by atoms with E-state index in [-0.39, 0.29) is 18.4 Å². The van der Waals surface area contributed by atoms with Gasteiger partial charge in [0, 0.05) is 31.0 Å². The molecule has 150 valence electrons. The van der Waals surface area contributed by atoms with E-state index >= 15 is 0 Å². The van der Waals surface area contributed by atoms with Crippen LogP contribution in [0.15, 0.2) is 36.0 Å². The number of benzene rings is 1. The summed E-state index contributed by atoms with van der Waals surface area (Å²) in [6.45, 7) is 7.40. The van der Waals surface area contributed by atoms with Crippen molar-refractivity contribution in [3.63, 3.8) is 0 Å². The van der Waals surface area contributed by atoms with Gasteiger partial charge in [-0.2, -0.15) is 12.6 Å². The molecule has 0 spiro atoms. The molecule has 27 heavy (non-hydrogen) atoms. The number of nitrogens with one attached hydrogen (secondary N) is 2. The molecule has 2 amide bonds. The number of thiol groups is 1. The molecule has 0 heterocycles. The maximum absolute atomic E-state index is 12.4. The molecule has 0 aromatic heterocycles. The van der Waals surface area contributed by atoms with Crippen molar-refractivity contribution in [2.75, 3.05) is 30.7 Å². The van der Waals surface area contributed by atoms with Crippen LogP contribution < -0.4 is 10.6 Å². The zero-order chi connectivity index (χ0) is 20.1. The molecule has 0 aliphatic carbocycles. The number of allylic oxidation sites excluding steroid dienone is 1. The third-order valence-corrected chi connectivity index (χ3v) is 4.42. The third-order valence-electron chi connectivity index (χ3n) is 4.20. The van der Waals surface area contributed by atoms with Gasteiger partial charge in [0.15, 0.2) is 0 Å². The van der Waals surface area contributed by atoms with Crippen molar-refractivity contribution in [3.8, 4) is 0 Å². The van der Waals surface area contributed by atoms with Crippen molar-refractivity contribution in [3.05, 3.63) is 41.6 Å². The van der Waals surface area contributed by atoms with Gasteiger partial charge in [0.2, 0.25) is 11.8 Å². The van der Waals surface area contributed by atoms with Crippen LogP contribution in [0.3, 0.4) is 0 Å². The molecule has 5 nitrogen and oxygen atoms in total. The second-order valence-corrected chi connectivity index (χ2v) is 7.14. The Morgan fingerprint density at radius 3 is 2.63 bits per heavy atom. The second-order valence-electron chi connectivity index (χ2n) is 6.69. The molecule has 0 unspecified atom stereocenters. The van der Waals surface area contributed by atoms with Crippen LogP contribution in [-0.4, -0.2) is 42.1 Å². The maximum Gasteiger partial charge on any atom is 0.239 e. The molecule has 0 aliphatic heterocycles. The number of para-hydroxylation sites is 1. The number of anilines is 1. The zero-order valence-electron chi connectivity index (χ0n) is 16.8. The molecule has 0 saturated heterocycles. The number of carbonyl (C=O) groups excluding carboxylic acids is 2. The van der Waals surface area contributed by atoms with Crippen molar-refractivity contribution in [1.29, 1.82) is 0 Å². The average Bonchev–Trinajstić information content (AvgIpc) is 2.65. The molecule has 1 aromatic carbocycles. The molecule has 0 aliphatic rings. The quantitative estimate of drug-likeness (QED) is 0.475. The van der Waals surface area contributed by atoms with Crippen LogP contribution in [-0.2, 0) is 9.59 Å². The number of nitrogens with zero attached hydrogens (tertiary/aromatic N) is 1. The van der Waals surface area contributed by atoms with Crippen molar-refractivity contribution in [2.24, 2.45) is 0 Å². The van der Waals surface area contributed by atoms with E-state index in [1.54, 1.807) is 4.90 Å². The topological polar surface area (TPSA) is 61.4 Å². The highest BCUT2D eigenvalue weighted by molar-refractivity contribution is 7.80. The van der Waals surface area contributed by atoms with Gasteiger partial charge in [-0.1, -0.05) is 30.7 Å². The predicted molar refractivity (Wildman–Crippen MR) is 116 cm³/mol. The maximum atomic E-state index is 12.4. The summed E-state index contributed by atoms with van der Waals surface area (Å²) in [7, 11) is 0. The number of aryl methyl sites for hydroxylation is 1. The highest BCUT2D eigenvalue weighted by atomic mass is 32.1. The molecule has 0 atom stereocenters. The van der Waals surface area contributed by atoms with E-state index in [0.717, 1.165) is 24.9 Å². The summed E-state index contributed by atoms with van der Waals surface area (Å²) in [5.74, 6) is 0.511. The molecule has 1 aromatic rings. The SMILES string of the molecule is CCCN(CC(=O)NCCS)C(=O)CCC/C(C)=C/Nc1ccccc1C. The summed E-state index contributed by atoms with van der Waals surface area (Å²) in [6, 6.07) is 8.14. The summed E-state index contributed by atoms with van der Waals surface area (Å²) in [6.07, 6.45) is 4.91. The number of amides is 2. The van der Waals surface area contributed by atoms with Crippen molar-refractivity contribution in [1.82, 2.24) is 10.2 Å². The Kier molecular flexibility index (Phi) is 11.3. The van der Waals surface area contributed by atoms with Crippen molar-refractivity contribution >= 4 is 30.1 Å². The highest BCUT2D eigenvalue weighted by Gasteiger charge is 2.15. The molecule has 6 heteroatoms. The minimum atomic E-state index is -0.121. The van der Waals surface area contributed by atoms with E-state index in [9.17, 15) is 9.59 Å². The van der Waals surface area contributed by atoms with Crippen LogP contribution in [0.1, 0.15) is 45.1 Å². The van der Waals surface area contributed by atoms with Crippen LogP contribution in [0.4, 0.5) is 5.69 Å². The van der Waals surface area contributed by atoms with Crippen LogP contribution in [0, 0.1) is 6.92 Å². The van der Waals surface area contributed by atoms with E-state index in [1.165, 1.54) is 11.1 Å². The van der Waals surface area contributed by atoms with E-state index in [0.29, 0.717) is 25.3 Å². The molecule has 0 fully saturated rings. The molecular weight excluding hydrogens is 358 g/mol. The van der Waals surface area contributed by atoms with Crippen molar-refractivity contribution in [2.45, 2.75) is 46.5 Å². The second kappa shape index (κ2) is 13.3. The largest absolute Gasteiger partial charge is 0.362 e. The van der Waals surface area contributed by atoms with Gasteiger partial charge in [0.1, 0.15) is 0 Å². The van der Waals surface area contributed by atoms with E-state index in [4.69, 9.17) is 0 Å². The predicted octanol–water partition coefficient (Wildman–Crippen LogP) is 3.77. The Bertz CT molecular complexity index is 632. The zero-order valence-corrected chi connectivity index (χ0v) is 17.6. The molecule has 0 bridgehead atoms. The highest BCUT2D eigenvalue weighted by Crippen LogP contribution is 2.15. The van der Waals surface area contributed by atoms with Gasteiger partial charge in [-0.05, 0) is 50.9 Å². The first kappa shape index (κ1) is 23.1. The summed E-state index contributed by atoms with van der Waals surface area (Å²) in [4.78, 5) is 26.0. The van der Waals surface area contributed by atoms with E-state index in [2.05, 4.69) is 43.2 Å². The Morgan fingerprint density at radius 1 is 1.22 bits per heavy atom. The van der Waals surface area contributed by atoms with Gasteiger partial charge in [0.25, 0.3) is 0 Å². The van der Waals surface area contributed by atoms with Crippen LogP contribution in [0.25, 0.3) is 0 Å². The van der Waals surface area contributed by atoms with Gasteiger partial charge in [-0.25, -0.2) is 0 Å². The Hall–Kier alpha value is -1.95. The fraction of sp³-hybridized carbons (Fsp3) is 0.524. The van der Waals surface area contributed by atoms with Crippen LogP contribution in [0.5, 0.6) is 0 Å². The van der Waals surface area contributed by atoms with Crippen LogP contribution >= 0.6 is 12.6 Å². The third kappa shape index (κ3) is 9.52. The Labute approximate surface area is 169 Å². The lowest BCUT2D eigenvalue weighted by atomic mass is 10.1. The minimum Gasteiger partial charge on any atom is -0.362 e. The number of hydrogen-bond donors (Lipinski definition) is 3. The fourth-order valence-electron chi connectivity index (χ4n) is 2.67. The fourth-order valence-corrected chi connectivity index (χ4v) is 2.78. The number of rotatable bonds is 12. The summed E-state index contributed by atoms with van der Waals surface area (Å²) in [5, 5.41) is 6.08. The van der Waals surface area contributed by atoms with Gasteiger partial charge in [0.05, 0.1) is 6.54 Å². The summed E-state index contributed by atoms with van der Waals surface area (Å²) >= 11 is 4.07. The van der Waals surface area contributed by atoms with Gasteiger partial charge >= 0.3 is 0 Å². The average molecular weight is 392 g/mol. The molecule has 0 radical (unpaired) electrons. The monoisotopic (exact) mass is 391 g/mol. The lowest BCUT2D eigenvalue weighted by Crippen LogP contribution is -2.41. The van der Waals surface area contributed by atoms with Crippen LogP contribution in [0.2, 0.25) is 0 Å². The lowest BCUT2D eigenvalue weighted by molar-refractivity contribution is -0.136. The first-order chi connectivity index (χ1) is 13.0. The van der Waals surface area contributed by atoms with Crippen molar-refractivity contribution < 1.29 is 9.59 Å². The Balaban J connectivity index is 2.42. The lowest BCUT2D eigenvalue weighted by Gasteiger charge is -2.21. The molecule has 1 rings (SSSR count). The first-order valence-corrected chi connectivity index (χ1v) is 10.2. The standard InChI is InChI=1S/C21H33N3O2S/c1-4-13-24(16-20(25)22-12-14-27)21(26)11-7-8-17(2)15-23-19-10-6-5-9-18(19)3/h5-6,9-10,15,23,27H,4,7-8,11-14,16H2,1-3H3,(H,22,25)/b17-15+. The van der Waals surface area contributed by atoms with Gasteiger partial charge in [-0.15, -0.1) is 0 Å². The normalized spacial score (nSPS) is 11.2. The van der Waals surface area contributed by atoms with E-state index < -0.39 is 0 Å². The Morgan fingerprint density at radius 2 is 1.96 bits per heavy atom. The van der Waals surface area contributed by atoms with Gasteiger partial charge in [-0.3, -0.25) is 9.59 Å². The number of carbonyl (C=O) groups is 2. The molecular formula is C21H33N3O2S. The minimum absolute atomic E-state index is 0.0394. The first-order valence-electron chi connectivity index (χ1n) is 9.61. The smallest absolute Gasteiger partial charge is 0.239 e. The number of hydrogen-bond acceptors (Lipinski definition) is 4. The molecule has 0 saturated carbocycles. The van der Waals surface area contributed by atoms with E-state index in [1.807, 2.05) is 31.3 Å².